The zero-order valence-corrected chi connectivity index (χ0v) is 13.1. The minimum Gasteiger partial charge on any atom is -0.505 e. The second-order valence-electron chi connectivity index (χ2n) is 5.70. The third kappa shape index (κ3) is 2.48. The molecule has 2 N–H and O–H groups in total. The van der Waals surface area contributed by atoms with Crippen LogP contribution in [0.1, 0.15) is 0 Å². The van der Waals surface area contributed by atoms with E-state index in [1.54, 1.807) is 0 Å². The smallest absolute Gasteiger partial charge is 0.149 e. The van der Waals surface area contributed by atoms with E-state index in [9.17, 15) is 5.11 Å². The molecule has 24 heavy (non-hydrogen) atoms. The van der Waals surface area contributed by atoms with Gasteiger partial charge in [-0.3, -0.25) is 0 Å². The topological polar surface area (TPSA) is 36.0 Å². The molecule has 0 spiro atoms. The molecule has 0 atom stereocenters. The number of aromatic amines is 1. The average molecular weight is 311 g/mol. The van der Waals surface area contributed by atoms with Crippen molar-refractivity contribution in [1.82, 2.24) is 4.98 Å². The molecular formula is C22H17NO. The van der Waals surface area contributed by atoms with Gasteiger partial charge >= 0.3 is 0 Å². The SMILES string of the molecule is Oc1c(-c2ccccc2)[nH]c(-c2ccccc2)c1-c1ccccc1. The van der Waals surface area contributed by atoms with E-state index >= 15 is 0 Å². The van der Waals surface area contributed by atoms with E-state index in [0.29, 0.717) is 0 Å². The summed E-state index contributed by atoms with van der Waals surface area (Å²) in [5.41, 5.74) is 5.52. The predicted octanol–water partition coefficient (Wildman–Crippen LogP) is 5.72. The summed E-state index contributed by atoms with van der Waals surface area (Å²) in [5, 5.41) is 10.9. The van der Waals surface area contributed by atoms with Crippen molar-refractivity contribution in [2.75, 3.05) is 0 Å². The number of hydrogen-bond donors (Lipinski definition) is 2. The quantitative estimate of drug-likeness (QED) is 0.498. The highest BCUT2D eigenvalue weighted by molar-refractivity contribution is 5.92. The van der Waals surface area contributed by atoms with Crippen molar-refractivity contribution >= 4 is 0 Å². The van der Waals surface area contributed by atoms with Crippen LogP contribution in [0.25, 0.3) is 33.6 Å². The molecule has 2 heteroatoms. The summed E-state index contributed by atoms with van der Waals surface area (Å²) in [6, 6.07) is 30.0. The summed E-state index contributed by atoms with van der Waals surface area (Å²) in [4.78, 5) is 3.43. The average Bonchev–Trinajstić information content (AvgIpc) is 3.01. The van der Waals surface area contributed by atoms with Gasteiger partial charge in [0.2, 0.25) is 0 Å². The van der Waals surface area contributed by atoms with Crippen LogP contribution in [0.4, 0.5) is 0 Å². The molecular weight excluding hydrogens is 294 g/mol. The van der Waals surface area contributed by atoms with Crippen LogP contribution in [0, 0.1) is 0 Å². The van der Waals surface area contributed by atoms with E-state index in [-0.39, 0.29) is 5.75 Å². The lowest BCUT2D eigenvalue weighted by Gasteiger charge is -2.05. The Labute approximate surface area is 141 Å². The van der Waals surface area contributed by atoms with Gasteiger partial charge in [0.05, 0.1) is 11.4 Å². The summed E-state index contributed by atoms with van der Waals surface area (Å²) in [6.07, 6.45) is 0. The Hall–Kier alpha value is -3.26. The van der Waals surface area contributed by atoms with E-state index in [2.05, 4.69) is 4.98 Å². The Balaban J connectivity index is 1.99. The van der Waals surface area contributed by atoms with Crippen LogP contribution < -0.4 is 0 Å². The molecule has 0 bridgehead atoms. The summed E-state index contributed by atoms with van der Waals surface area (Å²) in [5.74, 6) is 0.284. The molecule has 0 aliphatic carbocycles. The standard InChI is InChI=1S/C22H17NO/c24-22-19(16-10-4-1-5-11-16)20(17-12-6-2-7-13-17)23-21(22)18-14-8-3-9-15-18/h1-15,23-24H. The Morgan fingerprint density at radius 2 is 0.917 bits per heavy atom. The lowest BCUT2D eigenvalue weighted by Crippen LogP contribution is -1.82. The second-order valence-corrected chi connectivity index (χ2v) is 5.70. The van der Waals surface area contributed by atoms with E-state index in [4.69, 9.17) is 0 Å². The predicted molar refractivity (Wildman–Crippen MR) is 98.8 cm³/mol. The van der Waals surface area contributed by atoms with Crippen LogP contribution in [0.3, 0.4) is 0 Å². The van der Waals surface area contributed by atoms with Crippen molar-refractivity contribution in [3.63, 3.8) is 0 Å². The molecule has 0 saturated heterocycles. The number of nitrogens with one attached hydrogen (secondary N) is 1. The van der Waals surface area contributed by atoms with Gasteiger partial charge < -0.3 is 10.1 Å². The van der Waals surface area contributed by atoms with E-state index in [0.717, 1.165) is 33.6 Å². The lowest BCUT2D eigenvalue weighted by atomic mass is 10.00. The van der Waals surface area contributed by atoms with Gasteiger partial charge in [0, 0.05) is 11.1 Å². The van der Waals surface area contributed by atoms with Gasteiger partial charge in [-0.25, -0.2) is 0 Å². The fourth-order valence-corrected chi connectivity index (χ4v) is 3.01. The molecule has 0 aliphatic heterocycles. The number of rotatable bonds is 3. The summed E-state index contributed by atoms with van der Waals surface area (Å²) in [6.45, 7) is 0. The molecule has 1 aromatic heterocycles. The molecule has 0 saturated carbocycles. The van der Waals surface area contributed by atoms with Crippen LogP contribution in [0.2, 0.25) is 0 Å². The van der Waals surface area contributed by atoms with Gasteiger partial charge in [0.15, 0.2) is 0 Å². The first-order valence-electron chi connectivity index (χ1n) is 7.96. The van der Waals surface area contributed by atoms with Crippen LogP contribution in [-0.4, -0.2) is 10.1 Å². The Bertz CT molecular complexity index is 941. The normalized spacial score (nSPS) is 10.7. The van der Waals surface area contributed by atoms with Gasteiger partial charge in [-0.2, -0.15) is 0 Å². The highest BCUT2D eigenvalue weighted by atomic mass is 16.3. The number of hydrogen-bond acceptors (Lipinski definition) is 1. The zero-order valence-electron chi connectivity index (χ0n) is 13.1. The highest BCUT2D eigenvalue weighted by Crippen LogP contribution is 2.44. The van der Waals surface area contributed by atoms with Gasteiger partial charge in [0.1, 0.15) is 5.75 Å². The first kappa shape index (κ1) is 14.3. The summed E-state index contributed by atoms with van der Waals surface area (Å²) >= 11 is 0. The number of aromatic hydroxyl groups is 1. The van der Waals surface area contributed by atoms with E-state index < -0.39 is 0 Å². The molecule has 1 heterocycles. The monoisotopic (exact) mass is 311 g/mol. The fraction of sp³-hybridized carbons (Fsp3) is 0. The Kier molecular flexibility index (Phi) is 3.64. The van der Waals surface area contributed by atoms with E-state index in [1.165, 1.54) is 0 Å². The minimum atomic E-state index is 0.284. The van der Waals surface area contributed by atoms with Crippen molar-refractivity contribution in [3.05, 3.63) is 91.0 Å². The number of aromatic nitrogens is 1. The minimum absolute atomic E-state index is 0.284. The first-order chi connectivity index (χ1) is 11.8. The molecule has 0 fully saturated rings. The van der Waals surface area contributed by atoms with Crippen LogP contribution in [-0.2, 0) is 0 Å². The molecule has 0 unspecified atom stereocenters. The van der Waals surface area contributed by atoms with Crippen molar-refractivity contribution in [3.8, 4) is 39.4 Å². The van der Waals surface area contributed by atoms with Crippen LogP contribution in [0.15, 0.2) is 91.0 Å². The summed E-state index contributed by atoms with van der Waals surface area (Å²) < 4.78 is 0. The first-order valence-corrected chi connectivity index (χ1v) is 7.96. The Morgan fingerprint density at radius 1 is 0.500 bits per heavy atom. The van der Waals surface area contributed by atoms with Gasteiger partial charge in [0.25, 0.3) is 0 Å². The maximum atomic E-state index is 10.9. The number of H-pyrrole nitrogens is 1. The zero-order chi connectivity index (χ0) is 16.4. The molecule has 0 radical (unpaired) electrons. The van der Waals surface area contributed by atoms with Crippen LogP contribution in [0.5, 0.6) is 5.75 Å². The van der Waals surface area contributed by atoms with Crippen molar-refractivity contribution in [2.24, 2.45) is 0 Å². The highest BCUT2D eigenvalue weighted by Gasteiger charge is 2.20. The van der Waals surface area contributed by atoms with E-state index in [1.807, 2.05) is 91.0 Å². The molecule has 4 rings (SSSR count). The van der Waals surface area contributed by atoms with Gasteiger partial charge in [-0.15, -0.1) is 0 Å². The largest absolute Gasteiger partial charge is 0.505 e. The van der Waals surface area contributed by atoms with Crippen molar-refractivity contribution in [1.29, 1.82) is 0 Å². The van der Waals surface area contributed by atoms with Gasteiger partial charge in [-0.05, 0) is 11.1 Å². The molecule has 3 aromatic carbocycles. The third-order valence-electron chi connectivity index (χ3n) is 4.16. The second kappa shape index (κ2) is 6.09. The summed E-state index contributed by atoms with van der Waals surface area (Å²) in [7, 11) is 0. The fourth-order valence-electron chi connectivity index (χ4n) is 3.01. The molecule has 0 amide bonds. The van der Waals surface area contributed by atoms with Crippen LogP contribution >= 0.6 is 0 Å². The molecule has 4 aromatic rings. The van der Waals surface area contributed by atoms with Gasteiger partial charge in [-0.1, -0.05) is 91.0 Å². The molecule has 2 nitrogen and oxygen atoms in total. The number of benzene rings is 3. The molecule has 0 aliphatic rings. The van der Waals surface area contributed by atoms with Crippen molar-refractivity contribution < 1.29 is 5.11 Å². The Morgan fingerprint density at radius 3 is 1.42 bits per heavy atom. The maximum Gasteiger partial charge on any atom is 0.149 e. The third-order valence-corrected chi connectivity index (χ3v) is 4.16. The lowest BCUT2D eigenvalue weighted by molar-refractivity contribution is 0.480. The van der Waals surface area contributed by atoms with Crippen molar-refractivity contribution in [2.45, 2.75) is 0 Å². The molecule has 116 valence electrons. The maximum absolute atomic E-state index is 10.9.